The van der Waals surface area contributed by atoms with Crippen LogP contribution < -0.4 is 4.90 Å². The highest BCUT2D eigenvalue weighted by Crippen LogP contribution is 2.51. The smallest absolute Gasteiger partial charge is 0.128 e. The van der Waals surface area contributed by atoms with Crippen molar-refractivity contribution in [2.75, 3.05) is 31.1 Å². The summed E-state index contributed by atoms with van der Waals surface area (Å²) < 4.78 is 0. The van der Waals surface area contributed by atoms with Gasteiger partial charge in [0.2, 0.25) is 0 Å². The molecule has 136 valence electrons. The molecule has 0 aromatic carbocycles. The molecule has 2 heterocycles. The number of hydrogen-bond acceptors (Lipinski definition) is 3. The zero-order chi connectivity index (χ0) is 17.2. The maximum absolute atomic E-state index is 5.93. The van der Waals surface area contributed by atoms with E-state index in [2.05, 4.69) is 14.8 Å². The predicted octanol–water partition coefficient (Wildman–Crippen LogP) is 4.79. The maximum Gasteiger partial charge on any atom is 0.128 e. The first-order chi connectivity index (χ1) is 12.2. The summed E-state index contributed by atoms with van der Waals surface area (Å²) in [6.45, 7) is 4.02. The van der Waals surface area contributed by atoms with Crippen LogP contribution in [-0.4, -0.2) is 41.1 Å². The Labute approximate surface area is 161 Å². The largest absolute Gasteiger partial charge is 0.363 e. The van der Waals surface area contributed by atoms with E-state index in [-0.39, 0.29) is 0 Å². The molecule has 1 aliphatic heterocycles. The van der Waals surface area contributed by atoms with Crippen molar-refractivity contribution in [1.29, 1.82) is 0 Å². The third-order valence-corrected chi connectivity index (χ3v) is 6.99. The summed E-state index contributed by atoms with van der Waals surface area (Å²) >= 11 is 11.7. The van der Waals surface area contributed by atoms with Crippen LogP contribution in [0.5, 0.6) is 0 Å². The zero-order valence-corrected chi connectivity index (χ0v) is 16.4. The minimum Gasteiger partial charge on any atom is -0.363 e. The Morgan fingerprint density at radius 2 is 1.88 bits per heavy atom. The van der Waals surface area contributed by atoms with E-state index in [0.717, 1.165) is 56.2 Å². The van der Waals surface area contributed by atoms with E-state index in [9.17, 15) is 0 Å². The molecule has 0 spiro atoms. The Hall–Kier alpha value is -0.870. The molecule has 2 aliphatic carbocycles. The normalized spacial score (nSPS) is 27.4. The molecule has 0 amide bonds. The second-order valence-electron chi connectivity index (χ2n) is 7.96. The van der Waals surface area contributed by atoms with Crippen molar-refractivity contribution < 1.29 is 0 Å². The molecule has 0 bridgehead atoms. The lowest BCUT2D eigenvalue weighted by Gasteiger charge is -2.37. The summed E-state index contributed by atoms with van der Waals surface area (Å²) in [5, 5.41) is 0.695. The summed E-state index contributed by atoms with van der Waals surface area (Å²) in [4.78, 5) is 10.4. The molecule has 0 radical (unpaired) electrons. The van der Waals surface area contributed by atoms with Crippen LogP contribution in [0.25, 0.3) is 0 Å². The number of rotatable bonds is 4. The second-order valence-corrected chi connectivity index (χ2v) is 8.87. The Balaban J connectivity index is 1.23. The highest BCUT2D eigenvalue weighted by molar-refractivity contribution is 7.80. The molecular formula is C20H28ClN3S. The van der Waals surface area contributed by atoms with Gasteiger partial charge in [0, 0.05) is 38.8 Å². The van der Waals surface area contributed by atoms with E-state index in [0.29, 0.717) is 5.02 Å². The molecule has 1 aromatic rings. The number of nitrogens with zero attached hydrogens (tertiary/aromatic N) is 3. The molecule has 0 N–H and O–H groups in total. The average Bonchev–Trinajstić information content (AvgIpc) is 3.42. The van der Waals surface area contributed by atoms with Crippen LogP contribution in [0.1, 0.15) is 44.9 Å². The summed E-state index contributed by atoms with van der Waals surface area (Å²) in [7, 11) is 0. The highest BCUT2D eigenvalue weighted by Gasteiger charge is 2.43. The van der Waals surface area contributed by atoms with Gasteiger partial charge in [-0.15, -0.1) is 0 Å². The first-order valence-electron chi connectivity index (χ1n) is 9.85. The molecule has 2 atom stereocenters. The van der Waals surface area contributed by atoms with E-state index >= 15 is 0 Å². The van der Waals surface area contributed by atoms with Gasteiger partial charge in [-0.3, -0.25) is 0 Å². The zero-order valence-electron chi connectivity index (χ0n) is 14.9. The van der Waals surface area contributed by atoms with E-state index in [1.165, 1.54) is 43.5 Å². The maximum atomic E-state index is 5.93. The Bertz CT molecular complexity index is 591. The van der Waals surface area contributed by atoms with Crippen molar-refractivity contribution in [2.24, 2.45) is 17.8 Å². The van der Waals surface area contributed by atoms with Crippen molar-refractivity contribution in [2.45, 2.75) is 44.9 Å². The van der Waals surface area contributed by atoms with Crippen LogP contribution in [0.3, 0.4) is 0 Å². The van der Waals surface area contributed by atoms with Crippen molar-refractivity contribution >= 4 is 34.6 Å². The number of pyridine rings is 1. The van der Waals surface area contributed by atoms with Gasteiger partial charge in [-0.2, -0.15) is 0 Å². The third kappa shape index (κ3) is 4.28. The molecule has 1 aromatic heterocycles. The molecule has 4 rings (SSSR count). The minimum absolute atomic E-state index is 0.695. The van der Waals surface area contributed by atoms with Crippen LogP contribution >= 0.6 is 23.8 Å². The summed E-state index contributed by atoms with van der Waals surface area (Å²) in [5.74, 6) is 3.90. The summed E-state index contributed by atoms with van der Waals surface area (Å²) in [6.07, 6.45) is 11.6. The van der Waals surface area contributed by atoms with E-state index < -0.39 is 0 Å². The fourth-order valence-electron chi connectivity index (χ4n) is 4.74. The molecule has 2 unspecified atom stereocenters. The van der Waals surface area contributed by atoms with E-state index in [1.807, 2.05) is 12.1 Å². The SMILES string of the molecule is S=C(CC1CC1C1CCCCC1)N1CCN(c2ccc(Cl)cn2)CC1. The lowest BCUT2D eigenvalue weighted by molar-refractivity contribution is 0.309. The average molecular weight is 378 g/mol. The molecule has 2 saturated carbocycles. The summed E-state index contributed by atoms with van der Waals surface area (Å²) in [6, 6.07) is 3.93. The number of thiocarbonyl (C=S) groups is 1. The van der Waals surface area contributed by atoms with Gasteiger partial charge in [-0.25, -0.2) is 4.98 Å². The van der Waals surface area contributed by atoms with Crippen LogP contribution in [-0.2, 0) is 0 Å². The van der Waals surface area contributed by atoms with Gasteiger partial charge in [0.05, 0.1) is 10.0 Å². The van der Waals surface area contributed by atoms with Gasteiger partial charge in [-0.1, -0.05) is 55.9 Å². The summed E-state index contributed by atoms with van der Waals surface area (Å²) in [5.41, 5.74) is 0. The number of hydrogen-bond donors (Lipinski definition) is 0. The number of halogens is 1. The van der Waals surface area contributed by atoms with Gasteiger partial charge in [0.25, 0.3) is 0 Å². The lowest BCUT2D eigenvalue weighted by Crippen LogP contribution is -2.48. The third-order valence-electron chi connectivity index (χ3n) is 6.34. The monoisotopic (exact) mass is 377 g/mol. The highest BCUT2D eigenvalue weighted by atomic mass is 35.5. The molecule has 1 saturated heterocycles. The first kappa shape index (κ1) is 17.5. The lowest BCUT2D eigenvalue weighted by atomic mass is 9.85. The van der Waals surface area contributed by atoms with Crippen molar-refractivity contribution in [3.8, 4) is 0 Å². The molecule has 3 nitrogen and oxygen atoms in total. The van der Waals surface area contributed by atoms with E-state index in [1.54, 1.807) is 6.20 Å². The first-order valence-corrected chi connectivity index (χ1v) is 10.6. The second kappa shape index (κ2) is 7.79. The number of aromatic nitrogens is 1. The minimum atomic E-state index is 0.695. The Kier molecular flexibility index (Phi) is 5.47. The van der Waals surface area contributed by atoms with Crippen LogP contribution in [0.4, 0.5) is 5.82 Å². The van der Waals surface area contributed by atoms with E-state index in [4.69, 9.17) is 23.8 Å². The standard InChI is InChI=1S/C20H28ClN3S/c21-17-6-7-19(22-14-17)23-8-10-24(11-9-23)20(25)13-16-12-18(16)15-4-2-1-3-5-15/h6-7,14-16,18H,1-5,8-13H2. The Morgan fingerprint density at radius 3 is 2.56 bits per heavy atom. The van der Waals surface area contributed by atoms with Crippen molar-refractivity contribution in [3.63, 3.8) is 0 Å². The van der Waals surface area contributed by atoms with Crippen LogP contribution in [0.15, 0.2) is 18.3 Å². The van der Waals surface area contributed by atoms with Crippen molar-refractivity contribution in [3.05, 3.63) is 23.4 Å². The topological polar surface area (TPSA) is 19.4 Å². The number of anilines is 1. The molecule has 5 heteroatoms. The number of piperazine rings is 1. The fourth-order valence-corrected chi connectivity index (χ4v) is 5.25. The fraction of sp³-hybridized carbons (Fsp3) is 0.700. The van der Waals surface area contributed by atoms with Gasteiger partial charge < -0.3 is 9.80 Å². The molecule has 25 heavy (non-hydrogen) atoms. The van der Waals surface area contributed by atoms with Gasteiger partial charge in [0.15, 0.2) is 0 Å². The molecule has 3 fully saturated rings. The molecular weight excluding hydrogens is 350 g/mol. The van der Waals surface area contributed by atoms with Gasteiger partial charge >= 0.3 is 0 Å². The Morgan fingerprint density at radius 1 is 1.12 bits per heavy atom. The predicted molar refractivity (Wildman–Crippen MR) is 108 cm³/mol. The van der Waals surface area contributed by atoms with Crippen LogP contribution in [0, 0.1) is 17.8 Å². The quantitative estimate of drug-likeness (QED) is 0.702. The van der Waals surface area contributed by atoms with Crippen molar-refractivity contribution in [1.82, 2.24) is 9.88 Å². The van der Waals surface area contributed by atoms with Gasteiger partial charge in [0.1, 0.15) is 5.82 Å². The van der Waals surface area contributed by atoms with Crippen LogP contribution in [0.2, 0.25) is 5.02 Å². The molecule has 3 aliphatic rings. The van der Waals surface area contributed by atoms with Gasteiger partial charge in [-0.05, 0) is 36.3 Å².